The van der Waals surface area contributed by atoms with Gasteiger partial charge in [0.15, 0.2) is 0 Å². The Labute approximate surface area is 113 Å². The van der Waals surface area contributed by atoms with Crippen molar-refractivity contribution in [3.63, 3.8) is 0 Å². The number of benzene rings is 3. The Morgan fingerprint density at radius 3 is 2.47 bits per heavy atom. The van der Waals surface area contributed by atoms with Crippen LogP contribution in [0.4, 0.5) is 0 Å². The molecule has 90 valence electrons. The monoisotopic (exact) mass is 261 g/mol. The summed E-state index contributed by atoms with van der Waals surface area (Å²) in [6.07, 6.45) is 0. The molecule has 0 radical (unpaired) electrons. The molecule has 4 aromatic rings. The molecule has 0 amide bonds. The zero-order valence-electron chi connectivity index (χ0n) is 10.3. The van der Waals surface area contributed by atoms with Crippen LogP contribution in [-0.4, -0.2) is 4.98 Å². The van der Waals surface area contributed by atoms with E-state index in [1.54, 1.807) is 0 Å². The Morgan fingerprint density at radius 1 is 0.737 bits per heavy atom. The van der Waals surface area contributed by atoms with Gasteiger partial charge in [-0.05, 0) is 22.9 Å². The Bertz CT molecular complexity index is 838. The lowest BCUT2D eigenvalue weighted by Gasteiger charge is -2.03. The maximum atomic E-state index is 4.80. The second kappa shape index (κ2) is 4.22. The van der Waals surface area contributed by atoms with Gasteiger partial charge in [0.2, 0.25) is 0 Å². The second-order valence-electron chi connectivity index (χ2n) is 4.63. The molecule has 0 aliphatic carbocycles. The van der Waals surface area contributed by atoms with Crippen LogP contribution in [0, 0.1) is 0 Å². The highest BCUT2D eigenvalue weighted by molar-refractivity contribution is 7.40. The van der Waals surface area contributed by atoms with Crippen molar-refractivity contribution < 1.29 is 0 Å². The minimum absolute atomic E-state index is 0.662. The lowest BCUT2D eigenvalue weighted by Crippen LogP contribution is -1.79. The summed E-state index contributed by atoms with van der Waals surface area (Å²) in [4.78, 5) is 4.80. The zero-order valence-corrected chi connectivity index (χ0v) is 11.3. The summed E-state index contributed by atoms with van der Waals surface area (Å²) in [6, 6.07) is 23.4. The molecule has 2 heteroatoms. The molecule has 0 bridgehead atoms. The standard InChI is InChI=1S/C17H12NP/c1-2-8-13-12(6-1)7-5-9-14(13)17-18-15-10-3-4-11-16(15)19-17/h1-11,19H. The van der Waals surface area contributed by atoms with Crippen molar-refractivity contribution in [3.05, 3.63) is 66.7 Å². The Morgan fingerprint density at radius 2 is 1.53 bits per heavy atom. The lowest BCUT2D eigenvalue weighted by atomic mass is 10.1. The molecule has 0 saturated heterocycles. The molecule has 1 heterocycles. The average molecular weight is 261 g/mol. The van der Waals surface area contributed by atoms with E-state index in [2.05, 4.69) is 66.7 Å². The fourth-order valence-corrected chi connectivity index (χ4v) is 3.74. The van der Waals surface area contributed by atoms with Crippen LogP contribution in [0.15, 0.2) is 66.7 Å². The molecule has 0 saturated carbocycles. The van der Waals surface area contributed by atoms with Crippen molar-refractivity contribution in [1.29, 1.82) is 0 Å². The van der Waals surface area contributed by atoms with E-state index in [0.717, 1.165) is 5.52 Å². The number of aromatic nitrogens is 1. The number of hydrogen-bond donors (Lipinski definition) is 0. The molecule has 4 rings (SSSR count). The third-order valence-electron chi connectivity index (χ3n) is 3.43. The van der Waals surface area contributed by atoms with Crippen molar-refractivity contribution in [3.8, 4) is 11.0 Å². The third-order valence-corrected chi connectivity index (χ3v) is 4.74. The van der Waals surface area contributed by atoms with Crippen molar-refractivity contribution in [1.82, 2.24) is 4.98 Å². The first kappa shape index (κ1) is 10.8. The van der Waals surface area contributed by atoms with Crippen LogP contribution >= 0.6 is 8.19 Å². The number of para-hydroxylation sites is 1. The fraction of sp³-hybridized carbons (Fsp3) is 0. The number of hydrogen-bond acceptors (Lipinski definition) is 1. The van der Waals surface area contributed by atoms with Gasteiger partial charge in [-0.2, -0.15) is 0 Å². The van der Waals surface area contributed by atoms with E-state index in [1.807, 2.05) is 0 Å². The summed E-state index contributed by atoms with van der Waals surface area (Å²) in [5, 5.41) is 3.93. The summed E-state index contributed by atoms with van der Waals surface area (Å²) >= 11 is 0. The van der Waals surface area contributed by atoms with Crippen LogP contribution in [0.25, 0.3) is 32.4 Å². The summed E-state index contributed by atoms with van der Waals surface area (Å²) in [5.74, 6) is 0. The quantitative estimate of drug-likeness (QED) is 0.465. The van der Waals surface area contributed by atoms with Crippen LogP contribution in [-0.2, 0) is 0 Å². The second-order valence-corrected chi connectivity index (χ2v) is 5.89. The average Bonchev–Trinajstić information content (AvgIpc) is 2.90. The minimum atomic E-state index is 0.662. The molecular weight excluding hydrogens is 249 g/mol. The van der Waals surface area contributed by atoms with Crippen LogP contribution in [0.1, 0.15) is 0 Å². The zero-order chi connectivity index (χ0) is 12.7. The number of rotatable bonds is 1. The van der Waals surface area contributed by atoms with Gasteiger partial charge in [-0.25, -0.2) is 4.98 Å². The number of fused-ring (bicyclic) bond motifs is 2. The molecule has 3 aromatic carbocycles. The summed E-state index contributed by atoms with van der Waals surface area (Å²) in [6.45, 7) is 0. The van der Waals surface area contributed by atoms with Crippen molar-refractivity contribution in [2.75, 3.05) is 0 Å². The maximum absolute atomic E-state index is 4.80. The molecule has 0 spiro atoms. The van der Waals surface area contributed by atoms with Crippen LogP contribution in [0.2, 0.25) is 0 Å². The van der Waals surface area contributed by atoms with Gasteiger partial charge in [-0.3, -0.25) is 0 Å². The Balaban J connectivity index is 2.03. The van der Waals surface area contributed by atoms with Gasteiger partial charge in [-0.15, -0.1) is 8.19 Å². The molecular formula is C17H12NP. The largest absolute Gasteiger partial charge is 0.243 e. The highest BCUT2D eigenvalue weighted by atomic mass is 31.0. The molecule has 0 aliphatic rings. The van der Waals surface area contributed by atoms with Gasteiger partial charge >= 0.3 is 0 Å². The van der Waals surface area contributed by atoms with E-state index in [1.165, 1.54) is 26.9 Å². The highest BCUT2D eigenvalue weighted by Crippen LogP contribution is 2.37. The Kier molecular flexibility index (Phi) is 2.39. The summed E-state index contributed by atoms with van der Waals surface area (Å²) in [7, 11) is 0.662. The van der Waals surface area contributed by atoms with E-state index >= 15 is 0 Å². The first-order chi connectivity index (χ1) is 9.42. The molecule has 1 atom stereocenters. The first-order valence-corrected chi connectivity index (χ1v) is 7.35. The van der Waals surface area contributed by atoms with Gasteiger partial charge in [0.25, 0.3) is 0 Å². The predicted molar refractivity (Wildman–Crippen MR) is 84.2 cm³/mol. The number of nitrogens with zero attached hydrogens (tertiary/aromatic N) is 1. The molecule has 0 aliphatic heterocycles. The molecule has 1 unspecified atom stereocenters. The van der Waals surface area contributed by atoms with E-state index in [4.69, 9.17) is 4.98 Å². The lowest BCUT2D eigenvalue weighted by molar-refractivity contribution is 1.49. The van der Waals surface area contributed by atoms with Crippen LogP contribution in [0.5, 0.6) is 0 Å². The van der Waals surface area contributed by atoms with Crippen molar-refractivity contribution in [2.24, 2.45) is 0 Å². The third kappa shape index (κ3) is 1.75. The van der Waals surface area contributed by atoms with Crippen LogP contribution < -0.4 is 0 Å². The van der Waals surface area contributed by atoms with E-state index < -0.39 is 0 Å². The van der Waals surface area contributed by atoms with Gasteiger partial charge in [0, 0.05) is 10.7 Å². The van der Waals surface area contributed by atoms with Crippen molar-refractivity contribution in [2.45, 2.75) is 0 Å². The van der Waals surface area contributed by atoms with Gasteiger partial charge in [0.05, 0.1) is 10.9 Å². The van der Waals surface area contributed by atoms with E-state index in [0.29, 0.717) is 8.19 Å². The van der Waals surface area contributed by atoms with Crippen molar-refractivity contribution >= 4 is 29.6 Å². The predicted octanol–water partition coefficient (Wildman–Crippen LogP) is 5.09. The minimum Gasteiger partial charge on any atom is -0.243 e. The molecule has 0 N–H and O–H groups in total. The smallest absolute Gasteiger partial charge is 0.0878 e. The van der Waals surface area contributed by atoms with E-state index in [9.17, 15) is 0 Å². The molecule has 1 nitrogen and oxygen atoms in total. The van der Waals surface area contributed by atoms with Gasteiger partial charge in [0.1, 0.15) is 0 Å². The fourth-order valence-electron chi connectivity index (χ4n) is 2.51. The maximum Gasteiger partial charge on any atom is 0.0878 e. The van der Waals surface area contributed by atoms with Gasteiger partial charge < -0.3 is 0 Å². The first-order valence-electron chi connectivity index (χ1n) is 6.35. The summed E-state index contributed by atoms with van der Waals surface area (Å²) in [5.41, 5.74) is 3.61. The molecule has 1 aromatic heterocycles. The topological polar surface area (TPSA) is 12.9 Å². The van der Waals surface area contributed by atoms with Gasteiger partial charge in [-0.1, -0.05) is 54.6 Å². The molecule has 19 heavy (non-hydrogen) atoms. The summed E-state index contributed by atoms with van der Waals surface area (Å²) < 4.78 is 0. The normalized spacial score (nSPS) is 11.6. The SMILES string of the molecule is c1ccc2c(-c3nc4ccccc4[pH]3)cccc2c1. The Hall–Kier alpha value is -2.11. The highest BCUT2D eigenvalue weighted by Gasteiger charge is 2.07. The van der Waals surface area contributed by atoms with E-state index in [-0.39, 0.29) is 0 Å². The van der Waals surface area contributed by atoms with Crippen LogP contribution in [0.3, 0.4) is 0 Å². The molecule has 0 fully saturated rings.